The van der Waals surface area contributed by atoms with E-state index in [0.717, 1.165) is 0 Å². The van der Waals surface area contributed by atoms with E-state index in [1.807, 2.05) is 34.6 Å². The highest BCUT2D eigenvalue weighted by atomic mass is 16.5. The number of hydrogen-bond donors (Lipinski definition) is 2. The van der Waals surface area contributed by atoms with E-state index in [9.17, 15) is 10.0 Å². The lowest BCUT2D eigenvalue weighted by atomic mass is 9.74. The third-order valence-corrected chi connectivity index (χ3v) is 4.74. The molecule has 1 atom stereocenters. The van der Waals surface area contributed by atoms with Crippen molar-refractivity contribution in [3.8, 4) is 0 Å². The number of ether oxygens (including phenoxy) is 1. The fraction of sp³-hybridized carbons (Fsp3) is 0.944. The largest absolute Gasteiger partial charge is 0.462 e. The Labute approximate surface area is 141 Å². The SMILES string of the molecule is CC(C)(C)CC(C)(CN)C(=O)OC1CC(C)(C)N(O)C(C)(C)C1. The molecule has 0 spiro atoms. The Morgan fingerprint density at radius 1 is 1.17 bits per heavy atom. The van der Waals surface area contributed by atoms with Crippen molar-refractivity contribution in [1.82, 2.24) is 5.06 Å². The molecule has 1 fully saturated rings. The number of carbonyl (C=O) groups is 1. The zero-order chi connectivity index (χ0) is 18.3. The second-order valence-corrected chi connectivity index (χ2v) is 9.87. The van der Waals surface area contributed by atoms with E-state index in [0.29, 0.717) is 19.3 Å². The van der Waals surface area contributed by atoms with Gasteiger partial charge in [-0.2, -0.15) is 5.06 Å². The Kier molecular flexibility index (Phi) is 5.62. The van der Waals surface area contributed by atoms with Crippen molar-refractivity contribution in [2.45, 2.75) is 91.8 Å². The topological polar surface area (TPSA) is 75.8 Å². The molecule has 23 heavy (non-hydrogen) atoms. The maximum absolute atomic E-state index is 12.8. The molecule has 0 radical (unpaired) electrons. The van der Waals surface area contributed by atoms with E-state index >= 15 is 0 Å². The molecule has 5 nitrogen and oxygen atoms in total. The summed E-state index contributed by atoms with van der Waals surface area (Å²) in [6.45, 7) is 16.3. The van der Waals surface area contributed by atoms with Crippen LogP contribution in [-0.2, 0) is 9.53 Å². The van der Waals surface area contributed by atoms with Gasteiger partial charge in [0.1, 0.15) is 6.10 Å². The normalized spacial score (nSPS) is 25.0. The first-order valence-electron chi connectivity index (χ1n) is 8.53. The van der Waals surface area contributed by atoms with Gasteiger partial charge < -0.3 is 15.7 Å². The van der Waals surface area contributed by atoms with Crippen molar-refractivity contribution in [1.29, 1.82) is 0 Å². The van der Waals surface area contributed by atoms with E-state index in [-0.39, 0.29) is 24.0 Å². The number of carbonyl (C=O) groups excluding carboxylic acids is 1. The lowest BCUT2D eigenvalue weighted by Crippen LogP contribution is -2.61. The quantitative estimate of drug-likeness (QED) is 0.774. The Balaban J connectivity index is 2.88. The van der Waals surface area contributed by atoms with Gasteiger partial charge in [0.2, 0.25) is 0 Å². The fourth-order valence-electron chi connectivity index (χ4n) is 3.95. The molecule has 0 aromatic carbocycles. The van der Waals surface area contributed by atoms with Gasteiger partial charge in [0.05, 0.1) is 5.41 Å². The molecule has 0 aromatic heterocycles. The van der Waals surface area contributed by atoms with Crippen molar-refractivity contribution >= 4 is 5.97 Å². The predicted octanol–water partition coefficient (Wildman–Crippen LogP) is 3.34. The zero-order valence-corrected chi connectivity index (χ0v) is 16.2. The van der Waals surface area contributed by atoms with Crippen LogP contribution in [0, 0.1) is 10.8 Å². The number of nitrogens with two attached hydrogens (primary N) is 1. The molecule has 136 valence electrons. The van der Waals surface area contributed by atoms with Crippen LogP contribution in [0.4, 0.5) is 0 Å². The average molecular weight is 328 g/mol. The Bertz CT molecular complexity index is 422. The van der Waals surface area contributed by atoms with Gasteiger partial charge in [0.25, 0.3) is 0 Å². The highest BCUT2D eigenvalue weighted by molar-refractivity contribution is 5.77. The van der Waals surface area contributed by atoms with Gasteiger partial charge in [-0.1, -0.05) is 20.8 Å². The second-order valence-electron chi connectivity index (χ2n) is 9.87. The van der Waals surface area contributed by atoms with Crippen LogP contribution < -0.4 is 5.73 Å². The van der Waals surface area contributed by atoms with Gasteiger partial charge >= 0.3 is 5.97 Å². The van der Waals surface area contributed by atoms with Crippen LogP contribution in [0.2, 0.25) is 0 Å². The number of hydrogen-bond acceptors (Lipinski definition) is 5. The number of esters is 1. The Morgan fingerprint density at radius 2 is 1.61 bits per heavy atom. The van der Waals surface area contributed by atoms with Crippen molar-refractivity contribution in [3.05, 3.63) is 0 Å². The molecule has 0 aliphatic carbocycles. The van der Waals surface area contributed by atoms with Gasteiger partial charge in [-0.15, -0.1) is 0 Å². The minimum atomic E-state index is -0.678. The summed E-state index contributed by atoms with van der Waals surface area (Å²) in [5.74, 6) is -0.224. The maximum Gasteiger partial charge on any atom is 0.313 e. The summed E-state index contributed by atoms with van der Waals surface area (Å²) in [6, 6.07) is 0. The third-order valence-electron chi connectivity index (χ3n) is 4.74. The molecule has 1 aliphatic heterocycles. The van der Waals surface area contributed by atoms with Gasteiger partial charge in [-0.25, -0.2) is 0 Å². The summed E-state index contributed by atoms with van der Waals surface area (Å²) < 4.78 is 5.86. The molecule has 1 heterocycles. The Morgan fingerprint density at radius 3 is 1.96 bits per heavy atom. The van der Waals surface area contributed by atoms with Crippen LogP contribution >= 0.6 is 0 Å². The van der Waals surface area contributed by atoms with Crippen molar-refractivity contribution in [2.75, 3.05) is 6.54 Å². The average Bonchev–Trinajstić information content (AvgIpc) is 2.32. The first kappa shape index (κ1) is 20.4. The summed E-state index contributed by atoms with van der Waals surface area (Å²) in [4.78, 5) is 12.8. The maximum atomic E-state index is 12.8. The van der Waals surface area contributed by atoms with E-state index < -0.39 is 16.5 Å². The highest BCUT2D eigenvalue weighted by Crippen LogP contribution is 2.40. The molecule has 0 aromatic rings. The molecule has 1 aliphatic rings. The van der Waals surface area contributed by atoms with E-state index in [4.69, 9.17) is 10.5 Å². The second kappa shape index (κ2) is 6.34. The zero-order valence-electron chi connectivity index (χ0n) is 16.2. The van der Waals surface area contributed by atoms with Gasteiger partial charge in [-0.3, -0.25) is 4.79 Å². The highest BCUT2D eigenvalue weighted by Gasteiger charge is 2.47. The third kappa shape index (κ3) is 4.91. The number of rotatable bonds is 4. The number of piperidine rings is 1. The van der Waals surface area contributed by atoms with Crippen molar-refractivity contribution in [3.63, 3.8) is 0 Å². The van der Waals surface area contributed by atoms with Gasteiger partial charge in [0, 0.05) is 30.5 Å². The van der Waals surface area contributed by atoms with Crippen LogP contribution in [0.1, 0.15) is 74.7 Å². The summed E-state index contributed by atoms with van der Waals surface area (Å²) in [7, 11) is 0. The summed E-state index contributed by atoms with van der Waals surface area (Å²) >= 11 is 0. The smallest absolute Gasteiger partial charge is 0.313 e. The first-order valence-corrected chi connectivity index (χ1v) is 8.53. The predicted molar refractivity (Wildman–Crippen MR) is 92.1 cm³/mol. The summed E-state index contributed by atoms with van der Waals surface area (Å²) in [5.41, 5.74) is 4.35. The number of hydroxylamine groups is 2. The minimum absolute atomic E-state index is 0.000143. The van der Waals surface area contributed by atoms with E-state index in [1.165, 1.54) is 5.06 Å². The molecular weight excluding hydrogens is 292 g/mol. The summed E-state index contributed by atoms with van der Waals surface area (Å²) in [5, 5.41) is 11.7. The molecule has 1 rings (SSSR count). The molecule has 0 amide bonds. The van der Waals surface area contributed by atoms with Gasteiger partial charge in [-0.05, 0) is 46.5 Å². The minimum Gasteiger partial charge on any atom is -0.462 e. The lowest BCUT2D eigenvalue weighted by Gasteiger charge is -2.51. The molecule has 0 bridgehead atoms. The Hall–Kier alpha value is -0.650. The van der Waals surface area contributed by atoms with Crippen LogP contribution in [0.3, 0.4) is 0 Å². The fourth-order valence-corrected chi connectivity index (χ4v) is 3.95. The molecule has 0 saturated carbocycles. The van der Waals surface area contributed by atoms with Crippen molar-refractivity contribution in [2.24, 2.45) is 16.6 Å². The summed E-state index contributed by atoms with van der Waals surface area (Å²) in [6.07, 6.45) is 1.69. The first-order chi connectivity index (χ1) is 10.1. The molecular formula is C18H36N2O3. The van der Waals surface area contributed by atoms with Gasteiger partial charge in [0.15, 0.2) is 0 Å². The van der Waals surface area contributed by atoms with E-state index in [1.54, 1.807) is 0 Å². The molecule has 3 N–H and O–H groups in total. The molecule has 1 saturated heterocycles. The monoisotopic (exact) mass is 328 g/mol. The van der Waals surface area contributed by atoms with Crippen LogP contribution in [0.25, 0.3) is 0 Å². The number of nitrogens with zero attached hydrogens (tertiary/aromatic N) is 1. The molecule has 1 unspecified atom stereocenters. The standard InChI is InChI=1S/C18H36N2O3/c1-15(2,3)11-18(8,12-19)14(21)23-13-9-16(4,5)20(22)17(6,7)10-13/h13,22H,9-12,19H2,1-8H3. The van der Waals surface area contributed by atoms with Crippen LogP contribution in [-0.4, -0.2) is 40.0 Å². The van der Waals surface area contributed by atoms with Crippen LogP contribution in [0.15, 0.2) is 0 Å². The molecule has 5 heteroatoms. The lowest BCUT2D eigenvalue weighted by molar-refractivity contribution is -0.260. The van der Waals surface area contributed by atoms with E-state index in [2.05, 4.69) is 20.8 Å². The van der Waals surface area contributed by atoms with Crippen LogP contribution in [0.5, 0.6) is 0 Å². The van der Waals surface area contributed by atoms with Crippen molar-refractivity contribution < 1.29 is 14.7 Å².